The molecule has 0 fully saturated rings. The fourth-order valence-corrected chi connectivity index (χ4v) is 4.15. The van der Waals surface area contributed by atoms with Gasteiger partial charge in [-0.25, -0.2) is 13.0 Å². The third-order valence-electron chi connectivity index (χ3n) is 5.15. The molecule has 1 aromatic heterocycles. The summed E-state index contributed by atoms with van der Waals surface area (Å²) in [6, 6.07) is 9.99. The van der Waals surface area contributed by atoms with E-state index >= 15 is 0 Å². The van der Waals surface area contributed by atoms with Gasteiger partial charge >= 0.3 is 0 Å². The number of ether oxygens (including phenoxy) is 1. The topological polar surface area (TPSA) is 70.4 Å². The van der Waals surface area contributed by atoms with Crippen LogP contribution in [0.4, 0.5) is 14.5 Å². The molecule has 10 heteroatoms. The van der Waals surface area contributed by atoms with E-state index in [1.54, 1.807) is 22.7 Å². The Morgan fingerprint density at radius 1 is 1.28 bits per heavy atom. The third-order valence-corrected chi connectivity index (χ3v) is 6.11. The average molecular weight is 464 g/mol. The number of halogens is 2. The van der Waals surface area contributed by atoms with Gasteiger partial charge < -0.3 is 4.74 Å². The summed E-state index contributed by atoms with van der Waals surface area (Å²) in [6.07, 6.45) is 0.455. The fourth-order valence-electron chi connectivity index (χ4n) is 3.43. The lowest BCUT2D eigenvalue weighted by Gasteiger charge is -2.22. The van der Waals surface area contributed by atoms with E-state index in [9.17, 15) is 13.0 Å². The Labute approximate surface area is 189 Å². The van der Waals surface area contributed by atoms with Crippen molar-refractivity contribution in [1.29, 1.82) is 0 Å². The maximum absolute atomic E-state index is 12.5. The van der Waals surface area contributed by atoms with Gasteiger partial charge in [-0.2, -0.15) is 5.10 Å². The molecule has 0 spiro atoms. The van der Waals surface area contributed by atoms with Gasteiger partial charge in [0.05, 0.1) is 23.5 Å². The number of aromatic nitrogens is 1. The Bertz CT molecular complexity index is 998. The third kappa shape index (κ3) is 5.95. The summed E-state index contributed by atoms with van der Waals surface area (Å²) in [4.78, 5) is 6.75. The Kier molecular flexibility index (Phi) is 8.03. The predicted molar refractivity (Wildman–Crippen MR) is 123 cm³/mol. The van der Waals surface area contributed by atoms with Crippen molar-refractivity contribution in [2.75, 3.05) is 17.2 Å². The number of alkyl halides is 2. The minimum atomic E-state index is -2.63. The smallest absolute Gasteiger partial charge is 0.272 e. The van der Waals surface area contributed by atoms with Gasteiger partial charge in [0.1, 0.15) is 11.0 Å². The zero-order valence-electron chi connectivity index (χ0n) is 18.4. The number of rotatable bonds is 9. The van der Waals surface area contributed by atoms with E-state index in [4.69, 9.17) is 4.74 Å². The molecule has 0 bridgehead atoms. The normalized spacial score (nSPS) is 15.2. The first-order chi connectivity index (χ1) is 15.3. The lowest BCUT2D eigenvalue weighted by Crippen LogP contribution is -2.25. The number of benzene rings is 1. The van der Waals surface area contributed by atoms with Crippen LogP contribution in [0.25, 0.3) is 0 Å². The van der Waals surface area contributed by atoms with Gasteiger partial charge in [0.25, 0.3) is 6.43 Å². The van der Waals surface area contributed by atoms with Crippen LogP contribution in [-0.4, -0.2) is 52.0 Å². The first-order valence-electron chi connectivity index (χ1n) is 10.1. The van der Waals surface area contributed by atoms with E-state index in [0.717, 1.165) is 18.8 Å². The van der Waals surface area contributed by atoms with Crippen LogP contribution in [0.2, 0.25) is 0 Å². The van der Waals surface area contributed by atoms with Crippen LogP contribution in [0.1, 0.15) is 36.2 Å². The van der Waals surface area contributed by atoms with E-state index in [1.807, 2.05) is 6.07 Å². The lowest BCUT2D eigenvalue weighted by molar-refractivity contribution is 0.0765. The average Bonchev–Trinajstić information content (AvgIpc) is 3.19. The van der Waals surface area contributed by atoms with Crippen LogP contribution >= 0.6 is 0 Å². The largest absolute Gasteiger partial charge is 0.470 e. The van der Waals surface area contributed by atoms with Crippen LogP contribution in [0, 0.1) is 0 Å². The number of pyridine rings is 1. The molecule has 1 aliphatic heterocycles. The molecular formula is C22H27F2N5O2S. The van der Waals surface area contributed by atoms with Crippen molar-refractivity contribution >= 4 is 29.3 Å². The summed E-state index contributed by atoms with van der Waals surface area (Å²) in [5, 5.41) is 7.01. The van der Waals surface area contributed by atoms with Crippen molar-refractivity contribution < 1.29 is 17.7 Å². The summed E-state index contributed by atoms with van der Waals surface area (Å²) in [5.74, 6) is -0.0800. The highest BCUT2D eigenvalue weighted by molar-refractivity contribution is 7.85. The Balaban J connectivity index is 1.76. The van der Waals surface area contributed by atoms with E-state index in [-0.39, 0.29) is 5.90 Å². The van der Waals surface area contributed by atoms with Crippen LogP contribution in [0.15, 0.2) is 46.7 Å². The first-order valence-corrected chi connectivity index (χ1v) is 11.7. The number of hydrogen-bond donors (Lipinski definition) is 0. The molecule has 2 aromatic rings. The molecule has 3 rings (SSSR count). The maximum Gasteiger partial charge on any atom is 0.272 e. The molecule has 0 N–H and O–H groups in total. The SMILES string of the molecule is C=N/N=C(\OCC(F)F)c1ccc(CN(c2ccc3c(c2)CN(C(C)C)C3)S(C)=O)nc1. The number of nitrogens with zero attached hydrogens (tertiary/aromatic N) is 5. The molecule has 1 unspecified atom stereocenters. The summed E-state index contributed by atoms with van der Waals surface area (Å²) in [5.41, 5.74) is 4.45. The molecule has 0 saturated carbocycles. The van der Waals surface area contributed by atoms with Gasteiger partial charge in [0, 0.05) is 38.3 Å². The highest BCUT2D eigenvalue weighted by Crippen LogP contribution is 2.29. The van der Waals surface area contributed by atoms with Crippen LogP contribution in [0.3, 0.4) is 0 Å². The van der Waals surface area contributed by atoms with Gasteiger partial charge in [-0.3, -0.25) is 14.2 Å². The molecule has 1 aliphatic rings. The van der Waals surface area contributed by atoms with Gasteiger partial charge in [0.2, 0.25) is 5.90 Å². The van der Waals surface area contributed by atoms with E-state index in [0.29, 0.717) is 23.8 Å². The minimum absolute atomic E-state index is 0.0800. The summed E-state index contributed by atoms with van der Waals surface area (Å²) in [7, 11) is -1.27. The molecule has 7 nitrogen and oxygen atoms in total. The Morgan fingerprint density at radius 2 is 2.03 bits per heavy atom. The monoisotopic (exact) mass is 463 g/mol. The van der Waals surface area contributed by atoms with Gasteiger partial charge in [-0.05, 0) is 49.2 Å². The molecule has 32 heavy (non-hydrogen) atoms. The zero-order chi connectivity index (χ0) is 23.3. The van der Waals surface area contributed by atoms with Crippen molar-refractivity contribution in [1.82, 2.24) is 9.88 Å². The van der Waals surface area contributed by atoms with Crippen molar-refractivity contribution in [2.24, 2.45) is 10.2 Å². The summed E-state index contributed by atoms with van der Waals surface area (Å²) < 4.78 is 44.2. The van der Waals surface area contributed by atoms with Crippen molar-refractivity contribution in [3.8, 4) is 0 Å². The van der Waals surface area contributed by atoms with Gasteiger partial charge in [-0.15, -0.1) is 5.10 Å². The van der Waals surface area contributed by atoms with Crippen molar-refractivity contribution in [3.63, 3.8) is 0 Å². The zero-order valence-corrected chi connectivity index (χ0v) is 19.2. The van der Waals surface area contributed by atoms with E-state index in [2.05, 4.69) is 52.8 Å². The summed E-state index contributed by atoms with van der Waals surface area (Å²) >= 11 is 0. The molecule has 0 amide bonds. The van der Waals surface area contributed by atoms with Crippen LogP contribution in [0.5, 0.6) is 0 Å². The van der Waals surface area contributed by atoms with Gasteiger partial charge in [-0.1, -0.05) is 6.07 Å². The minimum Gasteiger partial charge on any atom is -0.470 e. The van der Waals surface area contributed by atoms with Crippen LogP contribution in [-0.2, 0) is 35.4 Å². The standard InChI is InChI=1S/C22H27F2N5O2S/c1-15(2)28-11-17-6-8-20(9-18(17)12-28)29(32(4)30)13-19-7-5-16(10-26-19)22(27-25-3)31-14-21(23)24/h5-10,15,21H,3,11-14H2,1-2,4H3/b27-22-. The van der Waals surface area contributed by atoms with Gasteiger partial charge in [0.15, 0.2) is 6.61 Å². The van der Waals surface area contributed by atoms with Crippen molar-refractivity contribution in [2.45, 2.75) is 45.9 Å². The highest BCUT2D eigenvalue weighted by atomic mass is 32.2. The van der Waals surface area contributed by atoms with Crippen molar-refractivity contribution in [3.05, 3.63) is 58.9 Å². The Hall–Kier alpha value is -2.72. The maximum atomic E-state index is 12.5. The molecule has 1 aromatic carbocycles. The fraction of sp³-hybridized carbons (Fsp3) is 0.409. The number of anilines is 1. The highest BCUT2D eigenvalue weighted by Gasteiger charge is 2.23. The first kappa shape index (κ1) is 23.9. The Morgan fingerprint density at radius 3 is 2.62 bits per heavy atom. The second kappa shape index (κ2) is 10.7. The van der Waals surface area contributed by atoms with E-state index < -0.39 is 24.0 Å². The van der Waals surface area contributed by atoms with E-state index in [1.165, 1.54) is 17.3 Å². The molecule has 0 saturated heterocycles. The molecule has 0 radical (unpaired) electrons. The predicted octanol–water partition coefficient (Wildman–Crippen LogP) is 3.75. The molecule has 1 atom stereocenters. The molecule has 172 valence electrons. The lowest BCUT2D eigenvalue weighted by atomic mass is 10.1. The molecule has 2 heterocycles. The second-order valence-corrected chi connectivity index (χ2v) is 8.99. The van der Waals surface area contributed by atoms with Crippen LogP contribution < -0.4 is 4.31 Å². The number of fused-ring (bicyclic) bond motifs is 1. The summed E-state index contributed by atoms with van der Waals surface area (Å²) in [6.45, 7) is 8.89. The molecule has 0 aliphatic carbocycles. The second-order valence-electron chi connectivity index (χ2n) is 7.70. The quantitative estimate of drug-likeness (QED) is 0.323. The number of hydrogen-bond acceptors (Lipinski definition) is 6. The molecular weight excluding hydrogens is 436 g/mol.